The van der Waals surface area contributed by atoms with Gasteiger partial charge in [0.25, 0.3) is 0 Å². The van der Waals surface area contributed by atoms with E-state index in [9.17, 15) is 9.59 Å². The zero-order chi connectivity index (χ0) is 20.4. The molecule has 0 unspecified atom stereocenters. The van der Waals surface area contributed by atoms with Crippen molar-refractivity contribution in [2.75, 3.05) is 19.6 Å². The van der Waals surface area contributed by atoms with Crippen molar-refractivity contribution in [1.82, 2.24) is 9.80 Å². The number of hydrogen-bond acceptors (Lipinski definition) is 4. The lowest BCUT2D eigenvalue weighted by atomic mass is 10.0. The molecule has 1 heterocycles. The molecule has 0 aromatic heterocycles. The van der Waals surface area contributed by atoms with Crippen LogP contribution in [0.4, 0.5) is 9.59 Å². The zero-order valence-electron chi connectivity index (χ0n) is 16.9. The highest BCUT2D eigenvalue weighted by Crippen LogP contribution is 2.29. The zero-order valence-corrected chi connectivity index (χ0v) is 18.5. The van der Waals surface area contributed by atoms with Gasteiger partial charge in [0.2, 0.25) is 0 Å². The number of amides is 2. The first-order chi connectivity index (χ1) is 12.4. The molecule has 0 spiro atoms. The van der Waals surface area contributed by atoms with Crippen LogP contribution in [0.3, 0.4) is 0 Å². The lowest BCUT2D eigenvalue weighted by Crippen LogP contribution is -2.54. The first-order valence-corrected chi connectivity index (χ1v) is 9.88. The number of carbonyl (C=O) groups is 2. The van der Waals surface area contributed by atoms with E-state index >= 15 is 0 Å². The molecular formula is C20H29BrN2O4. The van der Waals surface area contributed by atoms with Gasteiger partial charge in [-0.1, -0.05) is 28.1 Å². The minimum Gasteiger partial charge on any atom is -0.444 e. The highest BCUT2D eigenvalue weighted by atomic mass is 79.9. The van der Waals surface area contributed by atoms with Crippen LogP contribution in [0.15, 0.2) is 28.7 Å². The second kappa shape index (κ2) is 8.09. The predicted octanol–water partition coefficient (Wildman–Crippen LogP) is 4.98. The summed E-state index contributed by atoms with van der Waals surface area (Å²) in [6, 6.07) is 7.45. The first kappa shape index (κ1) is 21.5. The Morgan fingerprint density at radius 1 is 0.926 bits per heavy atom. The maximum Gasteiger partial charge on any atom is 0.410 e. The predicted molar refractivity (Wildman–Crippen MR) is 108 cm³/mol. The summed E-state index contributed by atoms with van der Waals surface area (Å²) >= 11 is 3.43. The number of nitrogens with zero attached hydrogens (tertiary/aromatic N) is 2. The van der Waals surface area contributed by atoms with Crippen molar-refractivity contribution in [3.8, 4) is 0 Å². The monoisotopic (exact) mass is 440 g/mol. The van der Waals surface area contributed by atoms with Gasteiger partial charge in [-0.2, -0.15) is 0 Å². The van der Waals surface area contributed by atoms with Crippen molar-refractivity contribution in [2.24, 2.45) is 0 Å². The van der Waals surface area contributed by atoms with Gasteiger partial charge < -0.3 is 14.4 Å². The average molecular weight is 441 g/mol. The Balaban J connectivity index is 2.24. The van der Waals surface area contributed by atoms with Gasteiger partial charge in [-0.3, -0.25) is 4.90 Å². The van der Waals surface area contributed by atoms with Gasteiger partial charge >= 0.3 is 12.2 Å². The quantitative estimate of drug-likeness (QED) is 0.617. The summed E-state index contributed by atoms with van der Waals surface area (Å²) in [5.74, 6) is 0. The normalized spacial score (nSPS) is 18.3. The second-order valence-electron chi connectivity index (χ2n) is 8.67. The number of hydrogen-bond donors (Lipinski definition) is 0. The third kappa shape index (κ3) is 6.41. The maximum absolute atomic E-state index is 12.7. The molecule has 0 saturated carbocycles. The van der Waals surface area contributed by atoms with Crippen LogP contribution in [-0.2, 0) is 9.47 Å². The van der Waals surface area contributed by atoms with Crippen LogP contribution >= 0.6 is 15.9 Å². The summed E-state index contributed by atoms with van der Waals surface area (Å²) in [5.41, 5.74) is -0.201. The average Bonchev–Trinajstić information content (AvgIpc) is 2.52. The fourth-order valence-electron chi connectivity index (χ4n) is 2.78. The van der Waals surface area contributed by atoms with Crippen molar-refractivity contribution in [3.05, 3.63) is 34.3 Å². The summed E-state index contributed by atoms with van der Waals surface area (Å²) in [4.78, 5) is 28.6. The van der Waals surface area contributed by atoms with Gasteiger partial charge in [0.15, 0.2) is 0 Å². The van der Waals surface area contributed by atoms with E-state index in [1.54, 1.807) is 9.80 Å². The fraction of sp³-hybridized carbons (Fsp3) is 0.600. The van der Waals surface area contributed by atoms with Crippen LogP contribution in [0.2, 0.25) is 0 Å². The number of carbonyl (C=O) groups excluding carboxylic acids is 2. The van der Waals surface area contributed by atoms with Gasteiger partial charge in [-0.05, 0) is 59.2 Å². The maximum atomic E-state index is 12.7. The van der Waals surface area contributed by atoms with Crippen LogP contribution in [0.1, 0.15) is 53.1 Å². The van der Waals surface area contributed by atoms with E-state index in [0.29, 0.717) is 19.6 Å². The van der Waals surface area contributed by atoms with Gasteiger partial charge in [0.1, 0.15) is 11.2 Å². The lowest BCUT2D eigenvalue weighted by molar-refractivity contribution is -0.0152. The summed E-state index contributed by atoms with van der Waals surface area (Å²) < 4.78 is 12.0. The van der Waals surface area contributed by atoms with Crippen LogP contribution in [0, 0.1) is 0 Å². The molecule has 1 aliphatic rings. The largest absolute Gasteiger partial charge is 0.444 e. The van der Waals surface area contributed by atoms with Crippen molar-refractivity contribution in [1.29, 1.82) is 0 Å². The highest BCUT2D eigenvalue weighted by Gasteiger charge is 2.37. The minimum atomic E-state index is -0.580. The summed E-state index contributed by atoms with van der Waals surface area (Å²) in [6.45, 7) is 12.2. The molecule has 27 heavy (non-hydrogen) atoms. The van der Waals surface area contributed by atoms with Crippen LogP contribution in [0.5, 0.6) is 0 Å². The van der Waals surface area contributed by atoms with E-state index in [1.807, 2.05) is 65.8 Å². The Kier molecular flexibility index (Phi) is 6.45. The van der Waals surface area contributed by atoms with E-state index in [2.05, 4.69) is 15.9 Å². The van der Waals surface area contributed by atoms with Crippen LogP contribution in [0.25, 0.3) is 0 Å². The third-order valence-electron chi connectivity index (χ3n) is 3.91. The SMILES string of the molecule is CC(C)(C)OC(=O)N1CCN(C(=O)OC(C)(C)C)[C@@H](c2ccc(Br)cc2)C1. The number of piperazine rings is 1. The van der Waals surface area contributed by atoms with Crippen molar-refractivity contribution in [3.63, 3.8) is 0 Å². The van der Waals surface area contributed by atoms with Crippen molar-refractivity contribution < 1.29 is 19.1 Å². The molecule has 2 amide bonds. The first-order valence-electron chi connectivity index (χ1n) is 9.09. The summed E-state index contributed by atoms with van der Waals surface area (Å²) in [5, 5.41) is 0. The van der Waals surface area contributed by atoms with Gasteiger partial charge in [-0.25, -0.2) is 9.59 Å². The Bertz CT molecular complexity index is 677. The third-order valence-corrected chi connectivity index (χ3v) is 4.44. The molecule has 1 aromatic carbocycles. The van der Waals surface area contributed by atoms with E-state index in [4.69, 9.17) is 9.47 Å². The van der Waals surface area contributed by atoms with Gasteiger partial charge in [0, 0.05) is 24.1 Å². The summed E-state index contributed by atoms with van der Waals surface area (Å²) in [7, 11) is 0. The molecule has 1 atom stereocenters. The summed E-state index contributed by atoms with van der Waals surface area (Å²) in [6.07, 6.45) is -0.743. The molecule has 1 saturated heterocycles. The molecule has 0 aliphatic carbocycles. The molecule has 150 valence electrons. The van der Waals surface area contributed by atoms with E-state index in [-0.39, 0.29) is 18.2 Å². The van der Waals surface area contributed by atoms with Crippen LogP contribution in [-0.4, -0.2) is 52.8 Å². The fourth-order valence-corrected chi connectivity index (χ4v) is 3.05. The molecule has 0 N–H and O–H groups in total. The van der Waals surface area contributed by atoms with Crippen molar-refractivity contribution >= 4 is 28.1 Å². The molecule has 1 aliphatic heterocycles. The van der Waals surface area contributed by atoms with Crippen molar-refractivity contribution in [2.45, 2.75) is 58.8 Å². The standard InChI is InChI=1S/C20H29BrN2O4/c1-19(2,3)26-17(24)22-11-12-23(18(25)27-20(4,5)6)16(13-22)14-7-9-15(21)10-8-14/h7-10,16H,11-13H2,1-6H3/t16-/m1/s1. The molecule has 0 radical (unpaired) electrons. The number of halogens is 1. The lowest BCUT2D eigenvalue weighted by Gasteiger charge is -2.42. The van der Waals surface area contributed by atoms with Gasteiger partial charge in [-0.15, -0.1) is 0 Å². The second-order valence-corrected chi connectivity index (χ2v) is 9.58. The van der Waals surface area contributed by atoms with Gasteiger partial charge in [0.05, 0.1) is 6.04 Å². The smallest absolute Gasteiger partial charge is 0.410 e. The minimum absolute atomic E-state index is 0.297. The molecular weight excluding hydrogens is 412 g/mol. The molecule has 7 heteroatoms. The molecule has 6 nitrogen and oxygen atoms in total. The molecule has 1 aromatic rings. The highest BCUT2D eigenvalue weighted by molar-refractivity contribution is 9.10. The topological polar surface area (TPSA) is 59.1 Å². The molecule has 2 rings (SSSR count). The Morgan fingerprint density at radius 2 is 1.44 bits per heavy atom. The number of benzene rings is 1. The molecule has 1 fully saturated rings. The van der Waals surface area contributed by atoms with Crippen LogP contribution < -0.4 is 0 Å². The van der Waals surface area contributed by atoms with E-state index in [0.717, 1.165) is 10.0 Å². The Labute approximate surface area is 169 Å². The van der Waals surface area contributed by atoms with E-state index < -0.39 is 11.2 Å². The Morgan fingerprint density at radius 3 is 1.96 bits per heavy atom. The number of ether oxygens (including phenoxy) is 2. The number of rotatable bonds is 1. The van der Waals surface area contributed by atoms with E-state index in [1.165, 1.54) is 0 Å². The molecule has 0 bridgehead atoms. The Hall–Kier alpha value is -1.76.